The standard InChI is InChI=1S/C17H29NO2/c1-17(2,11-10-16-8-5-4-6-9-16)18-12-15-20-14-7-13-19-3/h4-6,8-9,18H,7,10-15H2,1-3H3. The van der Waals surface area contributed by atoms with Gasteiger partial charge in [-0.1, -0.05) is 30.3 Å². The first kappa shape index (κ1) is 17.2. The number of hydrogen-bond acceptors (Lipinski definition) is 3. The molecule has 1 N–H and O–H groups in total. The molecule has 0 amide bonds. The van der Waals surface area contributed by atoms with Crippen molar-refractivity contribution in [3.05, 3.63) is 35.9 Å². The second-order valence-corrected chi connectivity index (χ2v) is 5.75. The summed E-state index contributed by atoms with van der Waals surface area (Å²) in [5.41, 5.74) is 1.55. The minimum Gasteiger partial charge on any atom is -0.385 e. The summed E-state index contributed by atoms with van der Waals surface area (Å²) in [6.45, 7) is 7.71. The smallest absolute Gasteiger partial charge is 0.0591 e. The Morgan fingerprint density at radius 1 is 1.05 bits per heavy atom. The van der Waals surface area contributed by atoms with E-state index in [1.54, 1.807) is 7.11 Å². The third-order valence-corrected chi connectivity index (χ3v) is 3.37. The van der Waals surface area contributed by atoms with Crippen LogP contribution in [0.25, 0.3) is 0 Å². The molecule has 0 unspecified atom stereocenters. The van der Waals surface area contributed by atoms with Crippen molar-refractivity contribution in [2.45, 2.75) is 38.6 Å². The quantitative estimate of drug-likeness (QED) is 0.632. The van der Waals surface area contributed by atoms with Crippen LogP contribution >= 0.6 is 0 Å². The maximum absolute atomic E-state index is 5.55. The molecule has 20 heavy (non-hydrogen) atoms. The number of ether oxygens (including phenoxy) is 2. The van der Waals surface area contributed by atoms with Gasteiger partial charge in [0.05, 0.1) is 6.61 Å². The Morgan fingerprint density at radius 2 is 1.80 bits per heavy atom. The summed E-state index contributed by atoms with van der Waals surface area (Å²) in [4.78, 5) is 0. The van der Waals surface area contributed by atoms with E-state index in [1.807, 2.05) is 0 Å². The highest BCUT2D eigenvalue weighted by Crippen LogP contribution is 2.13. The van der Waals surface area contributed by atoms with Crippen molar-refractivity contribution in [1.29, 1.82) is 0 Å². The summed E-state index contributed by atoms with van der Waals surface area (Å²) in [5, 5.41) is 3.56. The Hall–Kier alpha value is -0.900. The van der Waals surface area contributed by atoms with Crippen molar-refractivity contribution in [1.82, 2.24) is 5.32 Å². The normalized spacial score (nSPS) is 11.8. The molecule has 1 aromatic rings. The summed E-state index contributed by atoms with van der Waals surface area (Å²) >= 11 is 0. The van der Waals surface area contributed by atoms with E-state index in [0.29, 0.717) is 0 Å². The van der Waals surface area contributed by atoms with Gasteiger partial charge in [-0.3, -0.25) is 0 Å². The second-order valence-electron chi connectivity index (χ2n) is 5.75. The number of aryl methyl sites for hydroxylation is 1. The molecule has 0 bridgehead atoms. The van der Waals surface area contributed by atoms with Gasteiger partial charge in [0.1, 0.15) is 0 Å². The Bertz CT molecular complexity index is 338. The van der Waals surface area contributed by atoms with Crippen molar-refractivity contribution in [2.24, 2.45) is 0 Å². The number of nitrogens with one attached hydrogen (secondary N) is 1. The van der Waals surface area contributed by atoms with Crippen molar-refractivity contribution >= 4 is 0 Å². The Labute approximate surface area is 123 Å². The highest BCUT2D eigenvalue weighted by molar-refractivity contribution is 5.15. The molecule has 0 spiro atoms. The first-order valence-corrected chi connectivity index (χ1v) is 7.50. The number of rotatable bonds is 11. The lowest BCUT2D eigenvalue weighted by Crippen LogP contribution is -2.41. The van der Waals surface area contributed by atoms with Gasteiger partial charge in [-0.25, -0.2) is 0 Å². The lowest BCUT2D eigenvalue weighted by molar-refractivity contribution is 0.100. The van der Waals surface area contributed by atoms with Crippen molar-refractivity contribution in [2.75, 3.05) is 33.5 Å². The molecular weight excluding hydrogens is 250 g/mol. The zero-order chi connectivity index (χ0) is 14.7. The zero-order valence-electron chi connectivity index (χ0n) is 13.2. The van der Waals surface area contributed by atoms with Crippen LogP contribution in [-0.2, 0) is 15.9 Å². The fourth-order valence-electron chi connectivity index (χ4n) is 2.06. The zero-order valence-corrected chi connectivity index (χ0v) is 13.2. The molecule has 0 aliphatic heterocycles. The summed E-state index contributed by atoms with van der Waals surface area (Å²) in [6, 6.07) is 10.6. The van der Waals surface area contributed by atoms with E-state index in [2.05, 4.69) is 49.5 Å². The molecule has 0 saturated carbocycles. The minimum atomic E-state index is 0.145. The van der Waals surface area contributed by atoms with Gasteiger partial charge in [0.2, 0.25) is 0 Å². The SMILES string of the molecule is COCCCOCCNC(C)(C)CCc1ccccc1. The average Bonchev–Trinajstić information content (AvgIpc) is 2.45. The second kappa shape index (κ2) is 9.92. The maximum atomic E-state index is 5.55. The molecule has 0 fully saturated rings. The van der Waals surface area contributed by atoms with Crippen molar-refractivity contribution in [3.8, 4) is 0 Å². The van der Waals surface area contributed by atoms with Gasteiger partial charge in [-0.15, -0.1) is 0 Å². The molecule has 0 heterocycles. The predicted octanol–water partition coefficient (Wildman–Crippen LogP) is 3.04. The lowest BCUT2D eigenvalue weighted by Gasteiger charge is -2.26. The van der Waals surface area contributed by atoms with E-state index in [0.717, 1.165) is 45.6 Å². The lowest BCUT2D eigenvalue weighted by atomic mass is 9.95. The van der Waals surface area contributed by atoms with Crippen LogP contribution in [0.15, 0.2) is 30.3 Å². The Morgan fingerprint density at radius 3 is 2.50 bits per heavy atom. The first-order valence-electron chi connectivity index (χ1n) is 7.50. The van der Waals surface area contributed by atoms with E-state index in [1.165, 1.54) is 5.56 Å². The Kier molecular flexibility index (Phi) is 8.51. The van der Waals surface area contributed by atoms with Crippen LogP contribution in [0.5, 0.6) is 0 Å². The van der Waals surface area contributed by atoms with E-state index in [9.17, 15) is 0 Å². The summed E-state index contributed by atoms with van der Waals surface area (Å²) in [5.74, 6) is 0. The summed E-state index contributed by atoms with van der Waals surface area (Å²) < 4.78 is 10.5. The molecule has 1 rings (SSSR count). The average molecular weight is 279 g/mol. The summed E-state index contributed by atoms with van der Waals surface area (Å²) in [6.07, 6.45) is 3.20. The number of hydrogen-bond donors (Lipinski definition) is 1. The fourth-order valence-corrected chi connectivity index (χ4v) is 2.06. The molecule has 0 radical (unpaired) electrons. The molecule has 0 aromatic heterocycles. The van der Waals surface area contributed by atoms with Crippen LogP contribution in [-0.4, -0.2) is 39.0 Å². The van der Waals surface area contributed by atoms with Gasteiger partial charge in [-0.2, -0.15) is 0 Å². The monoisotopic (exact) mass is 279 g/mol. The summed E-state index contributed by atoms with van der Waals surface area (Å²) in [7, 11) is 1.72. The molecule has 3 nitrogen and oxygen atoms in total. The van der Waals surface area contributed by atoms with Crippen LogP contribution in [0, 0.1) is 0 Å². The molecule has 1 aromatic carbocycles. The van der Waals surface area contributed by atoms with Crippen LogP contribution in [0.4, 0.5) is 0 Å². The van der Waals surface area contributed by atoms with Gasteiger partial charge in [0, 0.05) is 32.4 Å². The van der Waals surface area contributed by atoms with E-state index < -0.39 is 0 Å². The first-order chi connectivity index (χ1) is 9.64. The highest BCUT2D eigenvalue weighted by Gasteiger charge is 2.16. The minimum absolute atomic E-state index is 0.145. The molecule has 3 heteroatoms. The van der Waals surface area contributed by atoms with Gasteiger partial charge in [-0.05, 0) is 38.7 Å². The van der Waals surface area contributed by atoms with Crippen LogP contribution in [0.3, 0.4) is 0 Å². The van der Waals surface area contributed by atoms with E-state index >= 15 is 0 Å². The molecule has 114 valence electrons. The van der Waals surface area contributed by atoms with Crippen LogP contribution in [0.1, 0.15) is 32.3 Å². The fraction of sp³-hybridized carbons (Fsp3) is 0.647. The molecule has 0 atom stereocenters. The van der Waals surface area contributed by atoms with E-state index in [4.69, 9.17) is 9.47 Å². The maximum Gasteiger partial charge on any atom is 0.0591 e. The molecular formula is C17H29NO2. The van der Waals surface area contributed by atoms with Gasteiger partial charge < -0.3 is 14.8 Å². The molecule has 0 aliphatic rings. The van der Waals surface area contributed by atoms with Gasteiger partial charge in [0.25, 0.3) is 0 Å². The third-order valence-electron chi connectivity index (χ3n) is 3.37. The number of methoxy groups -OCH3 is 1. The van der Waals surface area contributed by atoms with Crippen LogP contribution in [0.2, 0.25) is 0 Å². The largest absolute Gasteiger partial charge is 0.385 e. The van der Waals surface area contributed by atoms with E-state index in [-0.39, 0.29) is 5.54 Å². The third kappa shape index (κ3) is 8.31. The van der Waals surface area contributed by atoms with Crippen molar-refractivity contribution < 1.29 is 9.47 Å². The Balaban J connectivity index is 2.09. The highest BCUT2D eigenvalue weighted by atomic mass is 16.5. The molecule has 0 saturated heterocycles. The van der Waals surface area contributed by atoms with Gasteiger partial charge in [0.15, 0.2) is 0 Å². The molecule has 0 aliphatic carbocycles. The predicted molar refractivity (Wildman–Crippen MR) is 84.2 cm³/mol. The van der Waals surface area contributed by atoms with Gasteiger partial charge >= 0.3 is 0 Å². The number of benzene rings is 1. The van der Waals surface area contributed by atoms with Crippen LogP contribution < -0.4 is 5.32 Å². The van der Waals surface area contributed by atoms with Crippen molar-refractivity contribution in [3.63, 3.8) is 0 Å². The topological polar surface area (TPSA) is 30.5 Å².